The number of nitrogens with one attached hydrogen (secondary N) is 1. The van der Waals surface area contributed by atoms with Crippen LogP contribution in [0.1, 0.15) is 26.2 Å². The Hall–Kier alpha value is -0.530. The van der Waals surface area contributed by atoms with Gasteiger partial charge in [0.2, 0.25) is 0 Å². The lowest BCUT2D eigenvalue weighted by atomic mass is 9.96. The van der Waals surface area contributed by atoms with Gasteiger partial charge < -0.3 is 5.32 Å². The molecule has 2 rings (SSSR count). The maximum Gasteiger partial charge on any atom is 0.0405 e. The summed E-state index contributed by atoms with van der Waals surface area (Å²) in [6.07, 6.45) is 4.18. The van der Waals surface area contributed by atoms with Crippen LogP contribution in [0.25, 0.3) is 0 Å². The van der Waals surface area contributed by atoms with Crippen molar-refractivity contribution in [2.24, 2.45) is 5.92 Å². The summed E-state index contributed by atoms with van der Waals surface area (Å²) in [5, 5.41) is 4.14. The van der Waals surface area contributed by atoms with E-state index < -0.39 is 0 Å². The molecule has 1 aromatic carbocycles. The van der Waals surface area contributed by atoms with Crippen molar-refractivity contribution in [1.82, 2.24) is 5.32 Å². The maximum absolute atomic E-state index is 5.54. The van der Waals surface area contributed by atoms with Crippen molar-refractivity contribution >= 4 is 11.6 Å². The molecular formula is C13H20ClN. The van der Waals surface area contributed by atoms with Gasteiger partial charge in [0, 0.05) is 5.02 Å². The van der Waals surface area contributed by atoms with Crippen molar-refractivity contribution in [2.75, 3.05) is 13.1 Å². The molecule has 1 fully saturated rings. The first-order chi connectivity index (χ1) is 7.33. The Kier molecular flexibility index (Phi) is 6.45. The third kappa shape index (κ3) is 5.81. The van der Waals surface area contributed by atoms with Crippen LogP contribution in [-0.2, 0) is 0 Å². The summed E-state index contributed by atoms with van der Waals surface area (Å²) in [4.78, 5) is 0. The zero-order valence-electron chi connectivity index (χ0n) is 9.38. The molecule has 0 amide bonds. The van der Waals surface area contributed by atoms with Gasteiger partial charge in [-0.3, -0.25) is 0 Å². The second kappa shape index (κ2) is 7.72. The fraction of sp³-hybridized carbons (Fsp3) is 0.538. The minimum atomic E-state index is 0.794. The average molecular weight is 226 g/mol. The lowest BCUT2D eigenvalue weighted by Gasteiger charge is -2.20. The summed E-state index contributed by atoms with van der Waals surface area (Å²) in [6, 6.07) is 9.44. The molecule has 1 aliphatic heterocycles. The highest BCUT2D eigenvalue weighted by Gasteiger charge is 2.08. The van der Waals surface area contributed by atoms with E-state index in [1.165, 1.54) is 32.4 Å². The van der Waals surface area contributed by atoms with Gasteiger partial charge in [0.05, 0.1) is 0 Å². The number of hydrogen-bond acceptors (Lipinski definition) is 1. The van der Waals surface area contributed by atoms with Crippen LogP contribution in [0.15, 0.2) is 30.3 Å². The van der Waals surface area contributed by atoms with E-state index >= 15 is 0 Å². The Morgan fingerprint density at radius 1 is 1.20 bits per heavy atom. The highest BCUT2D eigenvalue weighted by Crippen LogP contribution is 2.14. The Bertz CT molecular complexity index is 242. The van der Waals surface area contributed by atoms with Crippen LogP contribution in [0.5, 0.6) is 0 Å². The average Bonchev–Trinajstić information content (AvgIpc) is 2.32. The maximum atomic E-state index is 5.54. The van der Waals surface area contributed by atoms with E-state index in [-0.39, 0.29) is 0 Å². The van der Waals surface area contributed by atoms with Crippen molar-refractivity contribution < 1.29 is 0 Å². The highest BCUT2D eigenvalue weighted by atomic mass is 35.5. The molecular weight excluding hydrogens is 206 g/mol. The quantitative estimate of drug-likeness (QED) is 0.768. The van der Waals surface area contributed by atoms with Gasteiger partial charge in [-0.1, -0.05) is 43.1 Å². The molecule has 0 saturated carbocycles. The predicted molar refractivity (Wildman–Crippen MR) is 67.3 cm³/mol. The van der Waals surface area contributed by atoms with Crippen molar-refractivity contribution in [1.29, 1.82) is 0 Å². The SMILES string of the molecule is CCC1CCNCC1.Clc1ccccc1. The van der Waals surface area contributed by atoms with Crippen LogP contribution in [0, 0.1) is 5.92 Å². The van der Waals surface area contributed by atoms with E-state index in [2.05, 4.69) is 12.2 Å². The molecule has 0 bridgehead atoms. The first-order valence-corrected chi connectivity index (χ1v) is 6.12. The zero-order chi connectivity index (χ0) is 10.9. The molecule has 1 saturated heterocycles. The number of rotatable bonds is 1. The van der Waals surface area contributed by atoms with Gasteiger partial charge in [0.25, 0.3) is 0 Å². The van der Waals surface area contributed by atoms with Gasteiger partial charge in [0.1, 0.15) is 0 Å². The number of hydrogen-bond donors (Lipinski definition) is 1. The molecule has 1 heterocycles. The molecule has 84 valence electrons. The normalized spacial score (nSPS) is 16.7. The van der Waals surface area contributed by atoms with E-state index in [0.717, 1.165) is 10.9 Å². The van der Waals surface area contributed by atoms with E-state index in [1.807, 2.05) is 30.3 Å². The molecule has 0 radical (unpaired) electrons. The van der Waals surface area contributed by atoms with Crippen LogP contribution in [0.4, 0.5) is 0 Å². The van der Waals surface area contributed by atoms with Crippen LogP contribution >= 0.6 is 11.6 Å². The van der Waals surface area contributed by atoms with E-state index in [1.54, 1.807) is 0 Å². The lowest BCUT2D eigenvalue weighted by Crippen LogP contribution is -2.27. The van der Waals surface area contributed by atoms with E-state index in [4.69, 9.17) is 11.6 Å². The van der Waals surface area contributed by atoms with Crippen molar-refractivity contribution in [3.05, 3.63) is 35.4 Å². The van der Waals surface area contributed by atoms with Gasteiger partial charge >= 0.3 is 0 Å². The van der Waals surface area contributed by atoms with Gasteiger partial charge in [-0.2, -0.15) is 0 Å². The first kappa shape index (κ1) is 12.5. The minimum absolute atomic E-state index is 0.794. The van der Waals surface area contributed by atoms with Gasteiger partial charge in [0.15, 0.2) is 0 Å². The van der Waals surface area contributed by atoms with Crippen molar-refractivity contribution in [2.45, 2.75) is 26.2 Å². The molecule has 1 aromatic rings. The molecule has 0 atom stereocenters. The molecule has 15 heavy (non-hydrogen) atoms. The molecule has 1 aliphatic rings. The summed E-state index contributed by atoms with van der Waals surface area (Å²) < 4.78 is 0. The summed E-state index contributed by atoms with van der Waals surface area (Å²) in [5.41, 5.74) is 0. The van der Waals surface area contributed by atoms with Gasteiger partial charge in [-0.05, 0) is 44.0 Å². The van der Waals surface area contributed by atoms with Gasteiger partial charge in [-0.25, -0.2) is 0 Å². The van der Waals surface area contributed by atoms with Gasteiger partial charge in [-0.15, -0.1) is 0 Å². The van der Waals surface area contributed by atoms with E-state index in [9.17, 15) is 0 Å². The molecule has 1 nitrogen and oxygen atoms in total. The topological polar surface area (TPSA) is 12.0 Å². The van der Waals surface area contributed by atoms with Crippen molar-refractivity contribution in [3.63, 3.8) is 0 Å². The second-order valence-corrected chi connectivity index (χ2v) is 4.33. The second-order valence-electron chi connectivity index (χ2n) is 3.90. The summed E-state index contributed by atoms with van der Waals surface area (Å²) in [5.74, 6) is 1.02. The third-order valence-electron chi connectivity index (χ3n) is 2.77. The minimum Gasteiger partial charge on any atom is -0.317 e. The summed E-state index contributed by atoms with van der Waals surface area (Å²) in [6.45, 7) is 4.78. The van der Waals surface area contributed by atoms with Crippen LogP contribution in [-0.4, -0.2) is 13.1 Å². The number of piperidine rings is 1. The first-order valence-electron chi connectivity index (χ1n) is 5.74. The number of halogens is 1. The fourth-order valence-electron chi connectivity index (χ4n) is 1.70. The number of benzene rings is 1. The summed E-state index contributed by atoms with van der Waals surface area (Å²) in [7, 11) is 0. The monoisotopic (exact) mass is 225 g/mol. The van der Waals surface area contributed by atoms with Crippen LogP contribution in [0.2, 0.25) is 5.02 Å². The Balaban J connectivity index is 0.000000151. The molecule has 2 heteroatoms. The molecule has 1 N–H and O–H groups in total. The Morgan fingerprint density at radius 3 is 2.13 bits per heavy atom. The predicted octanol–water partition coefficient (Wildman–Crippen LogP) is 3.74. The van der Waals surface area contributed by atoms with Crippen LogP contribution < -0.4 is 5.32 Å². The zero-order valence-corrected chi connectivity index (χ0v) is 10.1. The molecule has 0 aromatic heterocycles. The largest absolute Gasteiger partial charge is 0.317 e. The Morgan fingerprint density at radius 2 is 1.80 bits per heavy atom. The fourth-order valence-corrected chi connectivity index (χ4v) is 1.85. The third-order valence-corrected chi connectivity index (χ3v) is 3.02. The molecule has 0 unspecified atom stereocenters. The molecule has 0 aliphatic carbocycles. The smallest absolute Gasteiger partial charge is 0.0405 e. The van der Waals surface area contributed by atoms with E-state index in [0.29, 0.717) is 0 Å². The van der Waals surface area contributed by atoms with Crippen molar-refractivity contribution in [3.8, 4) is 0 Å². The highest BCUT2D eigenvalue weighted by molar-refractivity contribution is 6.30. The Labute approximate surface area is 97.8 Å². The standard InChI is InChI=1S/C7H15N.C6H5Cl/c1-2-7-3-5-8-6-4-7;7-6-4-2-1-3-5-6/h7-8H,2-6H2,1H3;1-5H. The lowest BCUT2D eigenvalue weighted by molar-refractivity contribution is 0.365. The molecule has 0 spiro atoms. The summed E-state index contributed by atoms with van der Waals surface area (Å²) >= 11 is 5.54. The van der Waals surface area contributed by atoms with Crippen LogP contribution in [0.3, 0.4) is 0 Å².